The lowest BCUT2D eigenvalue weighted by atomic mass is 9.74. The molecule has 2 aromatic heterocycles. The van der Waals surface area contributed by atoms with E-state index in [1.807, 2.05) is 46.7 Å². The second-order valence-electron chi connectivity index (χ2n) is 20.0. The number of Topliss-reactive ketones (excluding diaryl/α,β-unsaturated/α-hetero) is 1. The number of halogens is 1. The number of anilines is 1. The molecule has 0 radical (unpaired) electrons. The number of nitrogens with two attached hydrogens (primary N) is 1. The number of hydrogen-bond donors (Lipinski definition) is 4. The number of cyclic esters (lactones) is 1. The highest BCUT2D eigenvalue weighted by Gasteiger charge is 2.55. The van der Waals surface area contributed by atoms with E-state index in [0.717, 1.165) is 6.92 Å². The Labute approximate surface area is 416 Å². The van der Waals surface area contributed by atoms with Crippen LogP contribution in [0.3, 0.4) is 0 Å². The summed E-state index contributed by atoms with van der Waals surface area (Å²) in [5, 5.41) is 33.6. The van der Waals surface area contributed by atoms with E-state index in [2.05, 4.69) is 20.4 Å². The summed E-state index contributed by atoms with van der Waals surface area (Å²) in [6.45, 7) is 17.9. The number of pyridine rings is 1. The number of nitrogens with zero attached hydrogens (tertiary/aromatic N) is 5. The number of carbonyl (C=O) groups excluding carboxylic acids is 4. The van der Waals surface area contributed by atoms with Gasteiger partial charge in [0, 0.05) is 30.0 Å². The van der Waals surface area contributed by atoms with Crippen LogP contribution in [-0.4, -0.2) is 141 Å². The average Bonchev–Trinajstić information content (AvgIpc) is 3.79. The van der Waals surface area contributed by atoms with Crippen LogP contribution in [0.2, 0.25) is 0 Å². The van der Waals surface area contributed by atoms with Crippen LogP contribution in [0, 0.1) is 23.7 Å². The number of nitrogens with one attached hydrogen (secondary N) is 1. The number of oxime groups is 1. The first-order valence-corrected chi connectivity index (χ1v) is 25.4. The number of alkyl halides is 1. The zero-order valence-corrected chi connectivity index (χ0v) is 44.1. The van der Waals surface area contributed by atoms with Crippen molar-refractivity contribution in [1.82, 2.24) is 14.9 Å². The zero-order chi connectivity index (χ0) is 52.3. The molecule has 0 unspecified atom stereocenters. The van der Waals surface area contributed by atoms with Gasteiger partial charge in [0.2, 0.25) is 11.8 Å². The number of ketones is 1. The molecule has 0 bridgehead atoms. The second kappa shape index (κ2) is 25.5. The number of carbonyl (C=O) groups is 4. The van der Waals surface area contributed by atoms with Gasteiger partial charge in [0.25, 0.3) is 5.67 Å². The van der Waals surface area contributed by atoms with E-state index in [1.54, 1.807) is 58.2 Å². The molecule has 0 aliphatic carbocycles. The van der Waals surface area contributed by atoms with Crippen molar-refractivity contribution in [3.8, 4) is 10.7 Å². The number of aliphatic hydroxyl groups excluding tert-OH is 1. The number of aliphatic hydroxyl groups is 2. The van der Waals surface area contributed by atoms with Crippen LogP contribution in [-0.2, 0) is 49.6 Å². The van der Waals surface area contributed by atoms with Gasteiger partial charge in [0.05, 0.1) is 41.9 Å². The average molecular weight is 1000 g/mol. The largest absolute Gasteiger partial charge is 0.457 e. The summed E-state index contributed by atoms with van der Waals surface area (Å²) < 4.78 is 42.7. The number of ether oxygens (including phenoxy) is 4. The van der Waals surface area contributed by atoms with Crippen LogP contribution in [0.1, 0.15) is 127 Å². The van der Waals surface area contributed by atoms with Gasteiger partial charge in [-0.3, -0.25) is 14.4 Å². The zero-order valence-electron chi connectivity index (χ0n) is 43.3. The highest BCUT2D eigenvalue weighted by Crippen LogP contribution is 2.40. The van der Waals surface area contributed by atoms with Crippen molar-refractivity contribution in [3.05, 3.63) is 29.3 Å². The van der Waals surface area contributed by atoms with E-state index in [4.69, 9.17) is 34.5 Å². The van der Waals surface area contributed by atoms with E-state index in [9.17, 15) is 29.4 Å². The van der Waals surface area contributed by atoms with Crippen LogP contribution in [0.15, 0.2) is 33.7 Å². The Balaban J connectivity index is 1.82. The molecule has 4 heterocycles. The maximum absolute atomic E-state index is 17.1. The van der Waals surface area contributed by atoms with Crippen molar-refractivity contribution in [3.63, 3.8) is 0 Å². The number of esters is 1. The fourth-order valence-electron chi connectivity index (χ4n) is 9.32. The van der Waals surface area contributed by atoms with Gasteiger partial charge in [0.15, 0.2) is 18.7 Å². The summed E-state index contributed by atoms with van der Waals surface area (Å²) in [6.07, 6.45) is -2.32. The van der Waals surface area contributed by atoms with Crippen LogP contribution in [0.5, 0.6) is 0 Å². The Morgan fingerprint density at radius 2 is 1.83 bits per heavy atom. The molecule has 2 amide bonds. The molecule has 5 N–H and O–H groups in total. The third-order valence-electron chi connectivity index (χ3n) is 13.5. The van der Waals surface area contributed by atoms with E-state index < -0.39 is 89.2 Å². The summed E-state index contributed by atoms with van der Waals surface area (Å²) in [7, 11) is 3.63. The number of likely N-dealkylation sites (N-methyl/N-ethyl adjacent to an activating group) is 1. The molecular weight excluding hydrogens is 926 g/mol. The van der Waals surface area contributed by atoms with Gasteiger partial charge in [-0.05, 0) is 110 Å². The SMILES string of the molecule is CCC(=O)N=C[C@H](C)C[C@@]1(C)OC/C(=N/OCc2csc(-c3cccc(NC(=O)[C@@H](N)CC)n3)n2)CC[C@H](C(C)C)[C@](C)(O)[C@@H](CC)OC(=O)[C@@](C)(F)C(=O)[C@H](C)[C@H]1O[C@@H]1O[C@H](C)C[C@H](N(C)C)[C@H]1O. The van der Waals surface area contributed by atoms with Crippen LogP contribution < -0.4 is 11.1 Å². The molecule has 0 spiro atoms. The molecule has 2 aromatic rings. The Hall–Kier alpha value is -4.15. The second-order valence-corrected chi connectivity index (χ2v) is 20.9. The molecule has 18 nitrogen and oxygen atoms in total. The monoisotopic (exact) mass is 1000 g/mol. The van der Waals surface area contributed by atoms with Gasteiger partial charge in [-0.15, -0.1) is 11.3 Å². The Bertz CT molecular complexity index is 2140. The molecule has 0 saturated carbocycles. The van der Waals surface area contributed by atoms with E-state index in [0.29, 0.717) is 47.2 Å². The smallest absolute Gasteiger partial charge is 0.351 e. The van der Waals surface area contributed by atoms with E-state index in [1.165, 1.54) is 24.5 Å². The van der Waals surface area contributed by atoms with Gasteiger partial charge in [-0.1, -0.05) is 59.7 Å². The van der Waals surface area contributed by atoms with Gasteiger partial charge in [0.1, 0.15) is 34.3 Å². The minimum atomic E-state index is -3.22. The first-order chi connectivity index (χ1) is 32.8. The predicted octanol–water partition coefficient (Wildman–Crippen LogP) is 6.45. The molecule has 20 heteroatoms. The molecule has 2 fully saturated rings. The fraction of sp³-hybridized carbons (Fsp3) is 0.720. The standard InChI is InChI=1S/C50H78FN7O11S/c1-14-35(52)44(62)56-39-19-17-18-36(55-39)45-54-33(27-70-45)26-66-57-32-20-21-34(28(4)5)50(11,64)38(15-2)68-47(63)49(10,51)42(61)31(8)43(69-46-41(60)37(58(12)13)22-30(7)67-46)48(9,65-25-32)23-29(6)24-53-40(59)16-3/h17-19,24,27-31,34-35,37-38,41,43,46,60,64H,14-16,20-23,25-26,52H2,1-13H3,(H,55,56,62)/b53-24?,57-32+/t29-,30-,31+,34-,35+,37+,38-,41-,43-,46+,48-,49+,50+/m1/s1. The van der Waals surface area contributed by atoms with E-state index in [-0.39, 0.29) is 56.6 Å². The molecule has 13 atom stereocenters. The highest BCUT2D eigenvalue weighted by atomic mass is 32.1. The van der Waals surface area contributed by atoms with Gasteiger partial charge in [-0.2, -0.15) is 0 Å². The molecule has 0 aromatic carbocycles. The molecule has 4 rings (SSSR count). The van der Waals surface area contributed by atoms with Crippen molar-refractivity contribution in [2.45, 2.75) is 187 Å². The van der Waals surface area contributed by atoms with E-state index >= 15 is 4.39 Å². The molecule has 2 aliphatic rings. The molecule has 2 saturated heterocycles. The third kappa shape index (κ3) is 15.0. The summed E-state index contributed by atoms with van der Waals surface area (Å²) >= 11 is 1.32. The first-order valence-electron chi connectivity index (χ1n) is 24.5. The maximum Gasteiger partial charge on any atom is 0.351 e. The summed E-state index contributed by atoms with van der Waals surface area (Å²) in [5.74, 6) is -5.68. The van der Waals surface area contributed by atoms with Crippen LogP contribution in [0.4, 0.5) is 10.2 Å². The van der Waals surface area contributed by atoms with Crippen molar-refractivity contribution < 1.29 is 57.6 Å². The lowest BCUT2D eigenvalue weighted by Gasteiger charge is -2.47. The molecule has 2 aliphatic heterocycles. The summed E-state index contributed by atoms with van der Waals surface area (Å²) in [4.78, 5) is 74.6. The number of rotatable bonds is 16. The Morgan fingerprint density at radius 3 is 2.46 bits per heavy atom. The van der Waals surface area contributed by atoms with Crippen LogP contribution >= 0.6 is 11.3 Å². The number of hydrogen-bond acceptors (Lipinski definition) is 17. The number of thiazole rings is 1. The molecular formula is C50H78FN7O11S. The molecule has 70 heavy (non-hydrogen) atoms. The van der Waals surface area contributed by atoms with Gasteiger partial charge < -0.3 is 49.9 Å². The van der Waals surface area contributed by atoms with Crippen molar-refractivity contribution >= 4 is 52.6 Å². The van der Waals surface area contributed by atoms with Crippen LogP contribution in [0.25, 0.3) is 10.7 Å². The quantitative estimate of drug-likeness (QED) is 0.0611. The lowest BCUT2D eigenvalue weighted by Crippen LogP contribution is -2.60. The number of aromatic nitrogens is 2. The highest BCUT2D eigenvalue weighted by molar-refractivity contribution is 7.13. The number of amides is 2. The van der Waals surface area contributed by atoms with Gasteiger partial charge >= 0.3 is 5.97 Å². The van der Waals surface area contributed by atoms with Gasteiger partial charge in [-0.25, -0.2) is 24.1 Å². The first kappa shape index (κ1) is 58.4. The third-order valence-corrected chi connectivity index (χ3v) is 14.4. The summed E-state index contributed by atoms with van der Waals surface area (Å²) in [5.41, 5.74) is 0.858. The minimum absolute atomic E-state index is 0.0417. The van der Waals surface area contributed by atoms with Crippen molar-refractivity contribution in [2.75, 3.05) is 26.0 Å². The number of aliphatic imine (C=N–C) groups is 1. The Kier molecular flexibility index (Phi) is 21.3. The summed E-state index contributed by atoms with van der Waals surface area (Å²) in [6, 6.07) is 4.09. The molecule has 392 valence electrons. The van der Waals surface area contributed by atoms with Crippen molar-refractivity contribution in [2.24, 2.45) is 39.6 Å². The predicted molar refractivity (Wildman–Crippen MR) is 266 cm³/mol. The Morgan fingerprint density at radius 1 is 1.13 bits per heavy atom. The topological polar surface area (TPSA) is 247 Å². The maximum atomic E-state index is 17.1. The van der Waals surface area contributed by atoms with Crippen molar-refractivity contribution in [1.29, 1.82) is 0 Å². The normalized spacial score (nSPS) is 32.4. The lowest BCUT2D eigenvalue weighted by molar-refractivity contribution is -0.296. The minimum Gasteiger partial charge on any atom is -0.457 e. The fourth-order valence-corrected chi connectivity index (χ4v) is 10.1.